The molecule has 0 atom stereocenters. The van der Waals surface area contributed by atoms with Crippen molar-refractivity contribution in [1.82, 2.24) is 15.0 Å². The zero-order valence-corrected chi connectivity index (χ0v) is 21.2. The van der Waals surface area contributed by atoms with Crippen LogP contribution in [0.15, 0.2) is 105 Å². The molecule has 0 radical (unpaired) electrons. The summed E-state index contributed by atoms with van der Waals surface area (Å²) in [5.41, 5.74) is 5.07. The zero-order chi connectivity index (χ0) is 26.3. The number of halogens is 1. The Bertz CT molecular complexity index is 1570. The van der Waals surface area contributed by atoms with Crippen molar-refractivity contribution in [3.63, 3.8) is 0 Å². The van der Waals surface area contributed by atoms with E-state index in [1.54, 1.807) is 18.2 Å². The standard InChI is InChI=1S/C26H19BrN8O3/c27-18-8-6-17(7-9-18)23-15-14-22(38-23)16-28-34-26-32-24(29-19-4-2-1-3-5-19)31-25(33-26)30-20-10-12-21(13-11-20)35(36)37/h1-16H,(H3,29,30,31,32,33,34)/b28-16+. The quantitative estimate of drug-likeness (QED) is 0.0996. The fourth-order valence-corrected chi connectivity index (χ4v) is 3.59. The number of furan rings is 1. The highest BCUT2D eigenvalue weighted by molar-refractivity contribution is 9.10. The monoisotopic (exact) mass is 570 g/mol. The Morgan fingerprint density at radius 2 is 1.42 bits per heavy atom. The largest absolute Gasteiger partial charge is 0.455 e. The minimum absolute atomic E-state index is 0.0180. The summed E-state index contributed by atoms with van der Waals surface area (Å²) in [6.45, 7) is 0. The van der Waals surface area contributed by atoms with Crippen LogP contribution in [0.2, 0.25) is 0 Å². The lowest BCUT2D eigenvalue weighted by Crippen LogP contribution is -2.07. The number of para-hydroxylation sites is 1. The van der Waals surface area contributed by atoms with Crippen LogP contribution in [0, 0.1) is 10.1 Å². The molecule has 0 fully saturated rings. The van der Waals surface area contributed by atoms with E-state index >= 15 is 0 Å². The Morgan fingerprint density at radius 3 is 2.08 bits per heavy atom. The van der Waals surface area contributed by atoms with Crippen molar-refractivity contribution < 1.29 is 9.34 Å². The second-order valence-corrected chi connectivity index (χ2v) is 8.72. The number of aromatic nitrogens is 3. The number of nitro groups is 1. The van der Waals surface area contributed by atoms with Gasteiger partial charge < -0.3 is 15.1 Å². The van der Waals surface area contributed by atoms with Crippen molar-refractivity contribution in [2.24, 2.45) is 5.10 Å². The first kappa shape index (κ1) is 24.6. The number of hydrazone groups is 1. The summed E-state index contributed by atoms with van der Waals surface area (Å²) in [6.07, 6.45) is 1.51. The van der Waals surface area contributed by atoms with Gasteiger partial charge in [0.25, 0.3) is 5.69 Å². The number of hydrogen-bond donors (Lipinski definition) is 3. The Labute approximate surface area is 225 Å². The molecule has 0 unspecified atom stereocenters. The molecule has 11 nitrogen and oxygen atoms in total. The lowest BCUT2D eigenvalue weighted by atomic mass is 10.2. The highest BCUT2D eigenvalue weighted by atomic mass is 79.9. The molecule has 0 amide bonds. The molecule has 3 N–H and O–H groups in total. The minimum Gasteiger partial charge on any atom is -0.455 e. The summed E-state index contributed by atoms with van der Waals surface area (Å²) in [4.78, 5) is 23.6. The van der Waals surface area contributed by atoms with Crippen LogP contribution in [0.4, 0.5) is 34.9 Å². The van der Waals surface area contributed by atoms with Crippen molar-refractivity contribution in [1.29, 1.82) is 0 Å². The molecule has 0 saturated carbocycles. The van der Waals surface area contributed by atoms with Gasteiger partial charge >= 0.3 is 0 Å². The lowest BCUT2D eigenvalue weighted by Gasteiger charge is -2.10. The van der Waals surface area contributed by atoms with Crippen LogP contribution in [0.25, 0.3) is 11.3 Å². The first-order valence-electron chi connectivity index (χ1n) is 11.3. The molecule has 38 heavy (non-hydrogen) atoms. The van der Waals surface area contributed by atoms with Gasteiger partial charge in [-0.1, -0.05) is 46.3 Å². The average molecular weight is 571 g/mol. The van der Waals surface area contributed by atoms with Crippen molar-refractivity contribution >= 4 is 57.1 Å². The topological polar surface area (TPSA) is 143 Å². The summed E-state index contributed by atoms with van der Waals surface area (Å²) in [5, 5.41) is 21.3. The van der Waals surface area contributed by atoms with Crippen LogP contribution >= 0.6 is 15.9 Å². The van der Waals surface area contributed by atoms with Crippen molar-refractivity contribution in [3.8, 4) is 11.3 Å². The maximum Gasteiger partial charge on any atom is 0.269 e. The van der Waals surface area contributed by atoms with Crippen LogP contribution in [0.5, 0.6) is 0 Å². The number of anilines is 5. The molecule has 12 heteroatoms. The van der Waals surface area contributed by atoms with Crippen molar-refractivity contribution in [2.75, 3.05) is 16.1 Å². The number of non-ortho nitro benzene ring substituents is 1. The van der Waals surface area contributed by atoms with Crippen molar-refractivity contribution in [3.05, 3.63) is 111 Å². The third-order valence-electron chi connectivity index (χ3n) is 5.11. The summed E-state index contributed by atoms with van der Waals surface area (Å²) >= 11 is 3.42. The van der Waals surface area contributed by atoms with E-state index in [-0.39, 0.29) is 23.5 Å². The smallest absolute Gasteiger partial charge is 0.269 e. The van der Waals surface area contributed by atoms with Gasteiger partial charge in [0.2, 0.25) is 17.8 Å². The Balaban J connectivity index is 1.34. The fourth-order valence-electron chi connectivity index (χ4n) is 3.33. The molecule has 0 aliphatic rings. The summed E-state index contributed by atoms with van der Waals surface area (Å²) in [6, 6.07) is 26.8. The van der Waals surface area contributed by atoms with E-state index in [0.29, 0.717) is 17.2 Å². The molecule has 188 valence electrons. The van der Waals surface area contributed by atoms with Crippen LogP contribution in [-0.2, 0) is 0 Å². The second kappa shape index (κ2) is 11.3. The van der Waals surface area contributed by atoms with Gasteiger partial charge in [-0.2, -0.15) is 20.1 Å². The fraction of sp³-hybridized carbons (Fsp3) is 0. The van der Waals surface area contributed by atoms with Crippen molar-refractivity contribution in [2.45, 2.75) is 0 Å². The van der Waals surface area contributed by atoms with E-state index in [2.05, 4.69) is 52.0 Å². The summed E-state index contributed by atoms with van der Waals surface area (Å²) in [7, 11) is 0. The van der Waals surface area contributed by atoms with Gasteiger partial charge in [-0.3, -0.25) is 10.1 Å². The lowest BCUT2D eigenvalue weighted by molar-refractivity contribution is -0.384. The summed E-state index contributed by atoms with van der Waals surface area (Å²) < 4.78 is 6.83. The summed E-state index contributed by atoms with van der Waals surface area (Å²) in [5.74, 6) is 1.89. The molecule has 0 spiro atoms. The molecule has 0 aliphatic carbocycles. The molecule has 2 heterocycles. The Kier molecular flexibility index (Phi) is 7.32. The normalized spacial score (nSPS) is 10.9. The Morgan fingerprint density at radius 1 is 0.789 bits per heavy atom. The van der Waals surface area contributed by atoms with E-state index in [1.165, 1.54) is 18.3 Å². The molecular weight excluding hydrogens is 552 g/mol. The van der Waals surface area contributed by atoms with Crippen LogP contribution < -0.4 is 16.1 Å². The minimum atomic E-state index is -0.463. The molecule has 0 bridgehead atoms. The predicted molar refractivity (Wildman–Crippen MR) is 149 cm³/mol. The maximum absolute atomic E-state index is 10.9. The molecule has 5 rings (SSSR count). The molecule has 0 aliphatic heterocycles. The number of nitro benzene ring substituents is 1. The number of rotatable bonds is 9. The van der Waals surface area contributed by atoms with Gasteiger partial charge in [-0.15, -0.1) is 0 Å². The third kappa shape index (κ3) is 6.36. The highest BCUT2D eigenvalue weighted by Gasteiger charge is 2.10. The molecule has 0 saturated heterocycles. The second-order valence-electron chi connectivity index (χ2n) is 7.81. The van der Waals surface area contributed by atoms with E-state index in [4.69, 9.17) is 4.42 Å². The number of hydrogen-bond acceptors (Lipinski definition) is 10. The molecule has 5 aromatic rings. The first-order valence-corrected chi connectivity index (χ1v) is 12.1. The average Bonchev–Trinajstić information content (AvgIpc) is 3.39. The van der Waals surface area contributed by atoms with Crippen LogP contribution in [0.1, 0.15) is 5.76 Å². The number of benzene rings is 3. The number of nitrogens with one attached hydrogen (secondary N) is 3. The van der Waals surface area contributed by atoms with Gasteiger partial charge in [-0.05, 0) is 48.5 Å². The zero-order valence-electron chi connectivity index (χ0n) is 19.6. The van der Waals surface area contributed by atoms with Gasteiger partial charge in [0.15, 0.2) is 0 Å². The van der Waals surface area contributed by atoms with Crippen LogP contribution in [0.3, 0.4) is 0 Å². The van der Waals surface area contributed by atoms with E-state index in [0.717, 1.165) is 15.7 Å². The number of nitrogens with zero attached hydrogens (tertiary/aromatic N) is 5. The van der Waals surface area contributed by atoms with Gasteiger partial charge in [-0.25, -0.2) is 5.43 Å². The SMILES string of the molecule is O=[N+]([O-])c1ccc(Nc2nc(N/N=C/c3ccc(-c4ccc(Br)cc4)o3)nc(Nc3ccccc3)n2)cc1. The maximum atomic E-state index is 10.9. The van der Waals surface area contributed by atoms with Gasteiger partial charge in [0, 0.05) is 33.5 Å². The first-order chi connectivity index (χ1) is 18.5. The molecule has 3 aromatic carbocycles. The van der Waals surface area contributed by atoms with E-state index in [1.807, 2.05) is 60.7 Å². The van der Waals surface area contributed by atoms with Crippen LogP contribution in [-0.4, -0.2) is 26.1 Å². The van der Waals surface area contributed by atoms with E-state index in [9.17, 15) is 10.1 Å². The highest BCUT2D eigenvalue weighted by Crippen LogP contribution is 2.24. The Hall–Kier alpha value is -5.10. The van der Waals surface area contributed by atoms with Gasteiger partial charge in [0.1, 0.15) is 11.5 Å². The molecular formula is C26H19BrN8O3. The third-order valence-corrected chi connectivity index (χ3v) is 5.64. The molecule has 2 aromatic heterocycles. The van der Waals surface area contributed by atoms with Gasteiger partial charge in [0.05, 0.1) is 11.1 Å². The predicted octanol–water partition coefficient (Wildman–Crippen LogP) is 6.74. The van der Waals surface area contributed by atoms with E-state index < -0.39 is 4.92 Å².